The summed E-state index contributed by atoms with van der Waals surface area (Å²) in [5.41, 5.74) is -0.444. The van der Waals surface area contributed by atoms with E-state index in [0.29, 0.717) is 0 Å². The number of unbranched alkanes of at least 4 members (excludes halogenated alkanes) is 1. The molecule has 4 heteroatoms. The van der Waals surface area contributed by atoms with E-state index in [-0.39, 0.29) is 30.1 Å². The van der Waals surface area contributed by atoms with E-state index < -0.39 is 6.55 Å². The molecule has 1 aliphatic rings. The van der Waals surface area contributed by atoms with Gasteiger partial charge in [0.05, 0.1) is 0 Å². The monoisotopic (exact) mass is 232 g/mol. The van der Waals surface area contributed by atoms with Gasteiger partial charge in [0, 0.05) is 11.2 Å². The Labute approximate surface area is 119 Å². The van der Waals surface area contributed by atoms with E-state index in [2.05, 4.69) is 40.6 Å². The zero-order chi connectivity index (χ0) is 12.4. The molecule has 0 radical (unpaired) electrons. The molecule has 17 heavy (non-hydrogen) atoms. The average Bonchev–Trinajstić information content (AvgIpc) is 2.30. The summed E-state index contributed by atoms with van der Waals surface area (Å²) in [5.74, 6) is 2.12. The summed E-state index contributed by atoms with van der Waals surface area (Å²) >= 11 is 0. The number of hydrogen-bond acceptors (Lipinski definition) is 2. The van der Waals surface area contributed by atoms with Gasteiger partial charge in [-0.2, -0.15) is 5.98 Å². The second-order valence-electron chi connectivity index (χ2n) is 5.86. The summed E-state index contributed by atoms with van der Waals surface area (Å²) in [6.07, 6.45) is 5.37. The van der Waals surface area contributed by atoms with E-state index in [0.717, 1.165) is 12.7 Å². The van der Waals surface area contributed by atoms with Crippen molar-refractivity contribution in [2.75, 3.05) is 0 Å². The van der Waals surface area contributed by atoms with Gasteiger partial charge >= 0.3 is 18.9 Å². The maximum absolute atomic E-state index is 6.25. The molecule has 1 rings (SSSR count). The van der Waals surface area contributed by atoms with E-state index in [1.54, 1.807) is 0 Å². The second kappa shape index (κ2) is 5.98. The van der Waals surface area contributed by atoms with Crippen LogP contribution in [0.25, 0.3) is 0 Å². The van der Waals surface area contributed by atoms with Crippen LogP contribution in [-0.2, 0) is 9.31 Å². The first-order valence-corrected chi connectivity index (χ1v) is 6.49. The number of hydrogen-bond donors (Lipinski definition) is 0. The molecule has 1 heterocycles. The third-order valence-electron chi connectivity index (χ3n) is 3.88. The van der Waals surface area contributed by atoms with Crippen molar-refractivity contribution in [2.45, 2.75) is 71.9 Å². The van der Waals surface area contributed by atoms with E-state index in [9.17, 15) is 0 Å². The van der Waals surface area contributed by atoms with Crippen LogP contribution in [0.5, 0.6) is 0 Å². The molecule has 2 nitrogen and oxygen atoms in total. The molecular weight excluding hydrogens is 206 g/mol. The van der Waals surface area contributed by atoms with Crippen LogP contribution in [0, 0.1) is 0 Å². The normalized spacial score (nSPS) is 24.8. The van der Waals surface area contributed by atoms with E-state index in [1.807, 2.05) is 13.0 Å². The summed E-state index contributed by atoms with van der Waals surface area (Å²) < 4.78 is 12.5. The van der Waals surface area contributed by atoms with E-state index in [1.165, 1.54) is 6.42 Å². The van der Waals surface area contributed by atoms with Crippen molar-refractivity contribution in [1.82, 2.24) is 0 Å². The number of rotatable bonds is 4. The molecule has 0 spiro atoms. The minimum Gasteiger partial charge on any atom is -0.558 e. The zero-order valence-corrected chi connectivity index (χ0v) is 12.7. The van der Waals surface area contributed by atoms with Crippen molar-refractivity contribution in [3.63, 3.8) is 0 Å². The fraction of sp³-hybridized carbons (Fsp3) is 0.846. The Morgan fingerprint density at radius 3 is 1.88 bits per heavy atom. The summed E-state index contributed by atoms with van der Waals surface area (Å²) in [6.45, 7) is 11.5. The molecule has 0 aromatic carbocycles. The summed E-state index contributed by atoms with van der Waals surface area (Å²) in [7, 11) is 0. The van der Waals surface area contributed by atoms with Gasteiger partial charge in [0.1, 0.15) is 0 Å². The van der Waals surface area contributed by atoms with Gasteiger partial charge in [0.15, 0.2) is 0 Å². The fourth-order valence-electron chi connectivity index (χ4n) is 2.38. The average molecular weight is 232 g/mol. The van der Waals surface area contributed by atoms with Crippen LogP contribution >= 0.6 is 0 Å². The van der Waals surface area contributed by atoms with Gasteiger partial charge < -0.3 is 9.31 Å². The summed E-state index contributed by atoms with van der Waals surface area (Å²) in [6, 6.07) is 0. The molecule has 0 aliphatic carbocycles. The minimum atomic E-state index is -1.23. The Bertz CT molecular complexity index is 259. The molecule has 1 aliphatic heterocycles. The molecule has 0 N–H and O–H groups in total. The minimum absolute atomic E-state index is 0. The van der Waals surface area contributed by atoms with E-state index >= 15 is 0 Å². The van der Waals surface area contributed by atoms with Crippen LogP contribution in [0.1, 0.15) is 54.4 Å². The van der Waals surface area contributed by atoms with Crippen LogP contribution in [-0.4, -0.2) is 17.8 Å². The molecule has 0 unspecified atom stereocenters. The first kappa shape index (κ1) is 17.3. The van der Waals surface area contributed by atoms with Crippen molar-refractivity contribution in [1.29, 1.82) is 0 Å². The smallest absolute Gasteiger partial charge is 0.558 e. The molecule has 0 atom stereocenters. The zero-order valence-electron chi connectivity index (χ0n) is 12.7. The Hall–Kier alpha value is 0.322. The summed E-state index contributed by atoms with van der Waals surface area (Å²) in [4.78, 5) is 0. The van der Waals surface area contributed by atoms with Crippen LogP contribution in [0.2, 0.25) is 6.32 Å². The SMILES string of the molecule is C/C=C/[B-]1(CCCC)OC(C)(C)C(C)(C)O1.[Li+]. The molecule has 0 saturated carbocycles. The van der Waals surface area contributed by atoms with Gasteiger partial charge in [-0.05, 0) is 27.7 Å². The predicted molar refractivity (Wildman–Crippen MR) is 70.6 cm³/mol. The van der Waals surface area contributed by atoms with Crippen molar-refractivity contribution >= 4 is 6.55 Å². The van der Waals surface area contributed by atoms with E-state index in [4.69, 9.17) is 9.31 Å². The van der Waals surface area contributed by atoms with Gasteiger partial charge in [0.25, 0.3) is 6.55 Å². The molecule has 0 bridgehead atoms. The topological polar surface area (TPSA) is 18.5 Å². The van der Waals surface area contributed by atoms with Crippen LogP contribution in [0.4, 0.5) is 0 Å². The van der Waals surface area contributed by atoms with Crippen molar-refractivity contribution in [2.24, 2.45) is 0 Å². The van der Waals surface area contributed by atoms with Gasteiger partial charge in [-0.3, -0.25) is 0 Å². The summed E-state index contributed by atoms with van der Waals surface area (Å²) in [5, 5.41) is 0. The Kier molecular flexibility index (Phi) is 6.09. The van der Waals surface area contributed by atoms with Gasteiger partial charge in [-0.15, -0.1) is 12.4 Å². The molecule has 1 saturated heterocycles. The van der Waals surface area contributed by atoms with Crippen molar-refractivity contribution in [3.8, 4) is 0 Å². The first-order valence-electron chi connectivity index (χ1n) is 6.49. The number of allylic oxidation sites excluding steroid dienone is 1. The molecular formula is C13H26BLiO2. The standard InChI is InChI=1S/C13H26BO2.Li/c1-7-9-11-14(10-8-2)15-12(3,4)13(5,6)16-14;/h8,10H,7,9,11H2,1-6H3;/q-1;+1/b10-8+;. The van der Waals surface area contributed by atoms with Gasteiger partial charge in [-0.25, -0.2) is 0 Å². The van der Waals surface area contributed by atoms with Gasteiger partial charge in [0.2, 0.25) is 0 Å². The molecule has 0 aromatic rings. The van der Waals surface area contributed by atoms with Crippen molar-refractivity contribution in [3.05, 3.63) is 12.1 Å². The second-order valence-corrected chi connectivity index (χ2v) is 5.86. The first-order chi connectivity index (χ1) is 7.29. The van der Waals surface area contributed by atoms with Crippen LogP contribution in [0.15, 0.2) is 12.1 Å². The van der Waals surface area contributed by atoms with Crippen molar-refractivity contribution < 1.29 is 28.2 Å². The fourth-order valence-corrected chi connectivity index (χ4v) is 2.38. The third kappa shape index (κ3) is 3.64. The predicted octanol–water partition coefficient (Wildman–Crippen LogP) is 0.952. The third-order valence-corrected chi connectivity index (χ3v) is 3.88. The molecule has 1 fully saturated rings. The Morgan fingerprint density at radius 1 is 1.06 bits per heavy atom. The van der Waals surface area contributed by atoms with Crippen LogP contribution in [0.3, 0.4) is 0 Å². The molecule has 0 amide bonds. The maximum atomic E-state index is 6.25. The largest absolute Gasteiger partial charge is 1.00 e. The molecule has 94 valence electrons. The maximum Gasteiger partial charge on any atom is 1.00 e. The quantitative estimate of drug-likeness (QED) is 0.672. The molecule has 0 aromatic heterocycles. The van der Waals surface area contributed by atoms with Gasteiger partial charge in [-0.1, -0.05) is 26.7 Å². The van der Waals surface area contributed by atoms with Crippen LogP contribution < -0.4 is 18.9 Å². The Morgan fingerprint density at radius 2 is 1.53 bits per heavy atom. The Balaban J connectivity index is 0.00000256.